The molecule has 0 aromatic heterocycles. The third-order valence-electron chi connectivity index (χ3n) is 2.05. The van der Waals surface area contributed by atoms with E-state index in [9.17, 15) is 4.79 Å². The van der Waals surface area contributed by atoms with E-state index >= 15 is 0 Å². The van der Waals surface area contributed by atoms with Crippen molar-refractivity contribution in [3.63, 3.8) is 0 Å². The first-order valence-corrected chi connectivity index (χ1v) is 5.66. The minimum atomic E-state index is -0.407. The predicted octanol–water partition coefficient (Wildman–Crippen LogP) is 3.24. The lowest BCUT2D eigenvalue weighted by Crippen LogP contribution is -2.21. The van der Waals surface area contributed by atoms with E-state index in [-0.39, 0.29) is 0 Å². The molecule has 1 unspecified atom stereocenters. The van der Waals surface area contributed by atoms with Crippen LogP contribution in [-0.4, -0.2) is 11.5 Å². The Morgan fingerprint density at radius 2 is 1.86 bits per heavy atom. The number of benzene rings is 1. The van der Waals surface area contributed by atoms with E-state index in [0.717, 1.165) is 11.8 Å². The molecule has 0 saturated heterocycles. The monoisotopic (exact) mass is 208 g/mol. The highest BCUT2D eigenvalue weighted by atomic mass is 32.2. The summed E-state index contributed by atoms with van der Waals surface area (Å²) >= 11 is 1.69. The van der Waals surface area contributed by atoms with Gasteiger partial charge in [0.25, 0.3) is 0 Å². The highest BCUT2D eigenvalue weighted by Crippen LogP contribution is 2.36. The first kappa shape index (κ1) is 11.3. The summed E-state index contributed by atoms with van der Waals surface area (Å²) < 4.78 is -0.407. The van der Waals surface area contributed by atoms with Crippen molar-refractivity contribution >= 4 is 18.0 Å². The van der Waals surface area contributed by atoms with Gasteiger partial charge >= 0.3 is 0 Å². The van der Waals surface area contributed by atoms with Crippen LogP contribution in [0.25, 0.3) is 0 Å². The fourth-order valence-corrected chi connectivity index (χ4v) is 2.73. The van der Waals surface area contributed by atoms with E-state index in [1.165, 1.54) is 0 Å². The number of aldehydes is 1. The Hall–Kier alpha value is -0.760. The quantitative estimate of drug-likeness (QED) is 0.707. The second-order valence-electron chi connectivity index (χ2n) is 3.76. The van der Waals surface area contributed by atoms with Gasteiger partial charge < -0.3 is 4.79 Å². The maximum Gasteiger partial charge on any atom is 0.140 e. The SMILES string of the molecule is CC(C)SC(C)(C=O)c1ccccc1. The molecule has 1 rings (SSSR count). The van der Waals surface area contributed by atoms with Crippen LogP contribution in [0.15, 0.2) is 30.3 Å². The molecule has 0 aliphatic rings. The van der Waals surface area contributed by atoms with Crippen LogP contribution in [0.3, 0.4) is 0 Å². The van der Waals surface area contributed by atoms with Crippen molar-refractivity contribution in [1.29, 1.82) is 0 Å². The molecule has 0 fully saturated rings. The Morgan fingerprint density at radius 3 is 2.29 bits per heavy atom. The minimum absolute atomic E-state index is 0.407. The summed E-state index contributed by atoms with van der Waals surface area (Å²) in [6.45, 7) is 6.19. The van der Waals surface area contributed by atoms with Crippen molar-refractivity contribution in [3.05, 3.63) is 35.9 Å². The Kier molecular flexibility index (Phi) is 3.76. The molecule has 1 atom stereocenters. The number of carbonyl (C=O) groups excluding carboxylic acids is 1. The average Bonchev–Trinajstić information content (AvgIpc) is 2.18. The van der Waals surface area contributed by atoms with Crippen molar-refractivity contribution in [2.75, 3.05) is 0 Å². The lowest BCUT2D eigenvalue weighted by molar-refractivity contribution is -0.109. The maximum atomic E-state index is 11.1. The first-order chi connectivity index (χ1) is 6.58. The van der Waals surface area contributed by atoms with Gasteiger partial charge in [0.2, 0.25) is 0 Å². The molecule has 0 N–H and O–H groups in total. The molecule has 2 heteroatoms. The van der Waals surface area contributed by atoms with Gasteiger partial charge in [0.1, 0.15) is 6.29 Å². The van der Waals surface area contributed by atoms with Crippen LogP contribution in [0, 0.1) is 0 Å². The molecule has 14 heavy (non-hydrogen) atoms. The summed E-state index contributed by atoms with van der Waals surface area (Å²) in [7, 11) is 0. The van der Waals surface area contributed by atoms with Gasteiger partial charge in [-0.1, -0.05) is 44.2 Å². The van der Waals surface area contributed by atoms with Crippen molar-refractivity contribution in [2.45, 2.75) is 30.8 Å². The summed E-state index contributed by atoms with van der Waals surface area (Å²) in [5.41, 5.74) is 1.08. The maximum absolute atomic E-state index is 11.1. The fourth-order valence-electron chi connectivity index (χ4n) is 1.42. The summed E-state index contributed by atoms with van der Waals surface area (Å²) in [5.74, 6) is 0. The number of hydrogen-bond acceptors (Lipinski definition) is 2. The van der Waals surface area contributed by atoms with Gasteiger partial charge in [0, 0.05) is 5.25 Å². The number of hydrogen-bond donors (Lipinski definition) is 0. The Bertz CT molecular complexity index is 294. The highest BCUT2D eigenvalue weighted by molar-refractivity contribution is 8.01. The topological polar surface area (TPSA) is 17.1 Å². The summed E-state index contributed by atoms with van der Waals surface area (Å²) in [5, 5.41) is 0.449. The minimum Gasteiger partial charge on any atom is -0.301 e. The number of carbonyl (C=O) groups is 1. The molecule has 0 amide bonds. The molecule has 76 valence electrons. The van der Waals surface area contributed by atoms with Crippen LogP contribution in [0.1, 0.15) is 26.3 Å². The van der Waals surface area contributed by atoms with Crippen LogP contribution >= 0.6 is 11.8 Å². The fraction of sp³-hybridized carbons (Fsp3) is 0.417. The van der Waals surface area contributed by atoms with E-state index < -0.39 is 4.75 Å². The van der Waals surface area contributed by atoms with Crippen LogP contribution in [0.5, 0.6) is 0 Å². The molecular formula is C12H16OS. The predicted molar refractivity (Wildman–Crippen MR) is 62.6 cm³/mol. The smallest absolute Gasteiger partial charge is 0.140 e. The molecule has 0 saturated carbocycles. The second-order valence-corrected chi connectivity index (χ2v) is 5.78. The zero-order chi connectivity index (χ0) is 10.6. The summed E-state index contributed by atoms with van der Waals surface area (Å²) in [6, 6.07) is 9.91. The molecule has 0 aliphatic carbocycles. The van der Waals surface area contributed by atoms with Crippen LogP contribution in [0.2, 0.25) is 0 Å². The highest BCUT2D eigenvalue weighted by Gasteiger charge is 2.27. The third kappa shape index (κ3) is 2.61. The standard InChI is InChI=1S/C12H16OS/c1-10(2)14-12(3,9-13)11-7-5-4-6-8-11/h4-10H,1-3H3. The molecule has 1 aromatic rings. The second kappa shape index (κ2) is 4.65. The normalized spacial score (nSPS) is 15.1. The van der Waals surface area contributed by atoms with E-state index in [1.54, 1.807) is 11.8 Å². The molecule has 0 aliphatic heterocycles. The van der Waals surface area contributed by atoms with Crippen LogP contribution in [-0.2, 0) is 9.54 Å². The van der Waals surface area contributed by atoms with E-state index in [4.69, 9.17) is 0 Å². The van der Waals surface area contributed by atoms with Gasteiger partial charge in [-0.25, -0.2) is 0 Å². The van der Waals surface area contributed by atoms with Gasteiger partial charge in [0.15, 0.2) is 0 Å². The number of rotatable bonds is 4. The first-order valence-electron chi connectivity index (χ1n) is 4.78. The van der Waals surface area contributed by atoms with Crippen molar-refractivity contribution in [3.8, 4) is 0 Å². The largest absolute Gasteiger partial charge is 0.301 e. The third-order valence-corrected chi connectivity index (χ3v) is 3.35. The van der Waals surface area contributed by atoms with Gasteiger partial charge in [-0.3, -0.25) is 0 Å². The van der Waals surface area contributed by atoms with Crippen LogP contribution < -0.4 is 0 Å². The van der Waals surface area contributed by atoms with Gasteiger partial charge in [-0.05, 0) is 12.5 Å². The van der Waals surface area contributed by atoms with Gasteiger partial charge in [0.05, 0.1) is 4.75 Å². The Labute approximate surface area is 89.9 Å². The molecular weight excluding hydrogens is 192 g/mol. The van der Waals surface area contributed by atoms with Gasteiger partial charge in [-0.2, -0.15) is 0 Å². The van der Waals surface area contributed by atoms with Crippen molar-refractivity contribution in [1.82, 2.24) is 0 Å². The lowest BCUT2D eigenvalue weighted by Gasteiger charge is -2.25. The van der Waals surface area contributed by atoms with E-state index in [1.807, 2.05) is 37.3 Å². The zero-order valence-corrected chi connectivity index (χ0v) is 9.67. The Morgan fingerprint density at radius 1 is 1.29 bits per heavy atom. The van der Waals surface area contributed by atoms with Crippen molar-refractivity contribution < 1.29 is 4.79 Å². The molecule has 1 nitrogen and oxygen atoms in total. The molecule has 0 spiro atoms. The average molecular weight is 208 g/mol. The molecule has 0 radical (unpaired) electrons. The summed E-state index contributed by atoms with van der Waals surface area (Å²) in [6.07, 6.45) is 1.03. The number of thioether (sulfide) groups is 1. The summed E-state index contributed by atoms with van der Waals surface area (Å²) in [4.78, 5) is 11.1. The van der Waals surface area contributed by atoms with Crippen LogP contribution in [0.4, 0.5) is 0 Å². The molecule has 1 aromatic carbocycles. The van der Waals surface area contributed by atoms with Gasteiger partial charge in [-0.15, -0.1) is 11.8 Å². The van der Waals surface area contributed by atoms with E-state index in [0.29, 0.717) is 5.25 Å². The zero-order valence-electron chi connectivity index (χ0n) is 8.86. The lowest BCUT2D eigenvalue weighted by atomic mass is 10.0. The Balaban J connectivity index is 2.96. The van der Waals surface area contributed by atoms with Crippen molar-refractivity contribution in [2.24, 2.45) is 0 Å². The molecule has 0 heterocycles. The van der Waals surface area contributed by atoms with E-state index in [2.05, 4.69) is 13.8 Å². The molecule has 0 bridgehead atoms.